The zero-order valence-corrected chi connectivity index (χ0v) is 14.0. The van der Waals surface area contributed by atoms with E-state index in [2.05, 4.69) is 10.4 Å². The lowest BCUT2D eigenvalue weighted by atomic mass is 9.98. The Morgan fingerprint density at radius 2 is 1.85 bits per heavy atom. The zero-order chi connectivity index (χ0) is 18.3. The Labute approximate surface area is 148 Å². The number of carbonyl (C=O) groups excluding carboxylic acids is 1. The van der Waals surface area contributed by atoms with E-state index in [4.69, 9.17) is 0 Å². The molecular formula is C18H19F3N4O. The van der Waals surface area contributed by atoms with Crippen molar-refractivity contribution in [3.63, 3.8) is 0 Å². The van der Waals surface area contributed by atoms with E-state index in [1.54, 1.807) is 11.1 Å². The van der Waals surface area contributed by atoms with Crippen LogP contribution in [0.25, 0.3) is 0 Å². The number of rotatable bonds is 2. The van der Waals surface area contributed by atoms with E-state index in [9.17, 15) is 18.0 Å². The van der Waals surface area contributed by atoms with E-state index in [0.717, 1.165) is 37.8 Å². The summed E-state index contributed by atoms with van der Waals surface area (Å²) in [5.74, 6) is 0. The van der Waals surface area contributed by atoms with Crippen LogP contribution in [0.15, 0.2) is 42.7 Å². The Morgan fingerprint density at radius 1 is 1.12 bits per heavy atom. The second-order valence-electron chi connectivity index (χ2n) is 6.91. The zero-order valence-electron chi connectivity index (χ0n) is 14.0. The first-order chi connectivity index (χ1) is 12.4. The van der Waals surface area contributed by atoms with Gasteiger partial charge in [0, 0.05) is 30.2 Å². The molecule has 2 aliphatic rings. The van der Waals surface area contributed by atoms with Crippen molar-refractivity contribution in [1.29, 1.82) is 0 Å². The lowest BCUT2D eigenvalue weighted by Gasteiger charge is -2.38. The molecule has 138 valence electrons. The summed E-state index contributed by atoms with van der Waals surface area (Å²) < 4.78 is 40.5. The molecule has 4 rings (SSSR count). The fourth-order valence-corrected chi connectivity index (χ4v) is 4.15. The van der Waals surface area contributed by atoms with Crippen LogP contribution in [0.5, 0.6) is 0 Å². The SMILES string of the molecule is O=C(Nc1cccc(C(F)(F)F)c1)N1C2CCC1CC(n1cccn1)C2. The molecule has 0 spiro atoms. The molecule has 2 aliphatic heterocycles. The van der Waals surface area contributed by atoms with Crippen molar-refractivity contribution in [1.82, 2.24) is 14.7 Å². The molecule has 1 aromatic heterocycles. The van der Waals surface area contributed by atoms with Crippen molar-refractivity contribution >= 4 is 11.7 Å². The number of fused-ring (bicyclic) bond motifs is 2. The maximum atomic E-state index is 12.8. The lowest BCUT2D eigenvalue weighted by Crippen LogP contribution is -2.48. The third kappa shape index (κ3) is 3.15. The van der Waals surface area contributed by atoms with E-state index in [1.807, 2.05) is 16.9 Å². The van der Waals surface area contributed by atoms with Gasteiger partial charge in [0.2, 0.25) is 0 Å². The number of hydrogen-bond donors (Lipinski definition) is 1. The standard InChI is InChI=1S/C18H19F3N4O/c19-18(20,21)12-3-1-4-13(9-12)23-17(26)25-14-5-6-15(25)11-16(10-14)24-8-2-7-22-24/h1-4,7-9,14-16H,5-6,10-11H2,(H,23,26). The molecule has 2 saturated heterocycles. The minimum Gasteiger partial charge on any atom is -0.318 e. The second-order valence-corrected chi connectivity index (χ2v) is 6.91. The topological polar surface area (TPSA) is 50.2 Å². The molecule has 0 saturated carbocycles. The summed E-state index contributed by atoms with van der Waals surface area (Å²) >= 11 is 0. The number of carbonyl (C=O) groups is 1. The van der Waals surface area contributed by atoms with E-state index in [0.29, 0.717) is 0 Å². The number of amides is 2. The first-order valence-corrected chi connectivity index (χ1v) is 8.67. The van der Waals surface area contributed by atoms with Crippen molar-refractivity contribution in [2.75, 3.05) is 5.32 Å². The molecule has 0 radical (unpaired) electrons. The summed E-state index contributed by atoms with van der Waals surface area (Å²) in [7, 11) is 0. The fraction of sp³-hybridized carbons (Fsp3) is 0.444. The van der Waals surface area contributed by atoms with Crippen LogP contribution in [0.3, 0.4) is 0 Å². The summed E-state index contributed by atoms with van der Waals surface area (Å²) in [6.07, 6.45) is 2.71. The minimum absolute atomic E-state index is 0.0914. The quantitative estimate of drug-likeness (QED) is 0.864. The fourth-order valence-electron chi connectivity index (χ4n) is 4.15. The van der Waals surface area contributed by atoms with Gasteiger partial charge >= 0.3 is 12.2 Å². The van der Waals surface area contributed by atoms with Gasteiger partial charge in [0.15, 0.2) is 0 Å². The van der Waals surface area contributed by atoms with Crippen LogP contribution in [-0.4, -0.2) is 32.8 Å². The van der Waals surface area contributed by atoms with Crippen molar-refractivity contribution in [2.45, 2.75) is 50.0 Å². The van der Waals surface area contributed by atoms with Crippen molar-refractivity contribution in [2.24, 2.45) is 0 Å². The summed E-state index contributed by atoms with van der Waals surface area (Å²) in [5.41, 5.74) is -0.603. The highest BCUT2D eigenvalue weighted by atomic mass is 19.4. The number of piperidine rings is 1. The van der Waals surface area contributed by atoms with Gasteiger partial charge in [0.05, 0.1) is 11.6 Å². The van der Waals surface area contributed by atoms with Crippen LogP contribution in [0.2, 0.25) is 0 Å². The van der Waals surface area contributed by atoms with E-state index < -0.39 is 11.7 Å². The van der Waals surface area contributed by atoms with Gasteiger partial charge in [-0.05, 0) is 49.9 Å². The normalized spacial score (nSPS) is 25.3. The van der Waals surface area contributed by atoms with Gasteiger partial charge < -0.3 is 10.2 Å². The van der Waals surface area contributed by atoms with Gasteiger partial charge in [-0.1, -0.05) is 6.07 Å². The molecule has 26 heavy (non-hydrogen) atoms. The number of aromatic nitrogens is 2. The van der Waals surface area contributed by atoms with Crippen molar-refractivity contribution < 1.29 is 18.0 Å². The summed E-state index contributed by atoms with van der Waals surface area (Å²) in [6.45, 7) is 0. The van der Waals surface area contributed by atoms with Gasteiger partial charge in [-0.2, -0.15) is 18.3 Å². The average molecular weight is 364 g/mol. The highest BCUT2D eigenvalue weighted by Gasteiger charge is 2.44. The largest absolute Gasteiger partial charge is 0.416 e. The number of nitrogens with zero attached hydrogens (tertiary/aromatic N) is 3. The maximum absolute atomic E-state index is 12.8. The van der Waals surface area contributed by atoms with Crippen molar-refractivity contribution in [3.8, 4) is 0 Å². The lowest BCUT2D eigenvalue weighted by molar-refractivity contribution is -0.137. The minimum atomic E-state index is -4.43. The highest BCUT2D eigenvalue weighted by Crippen LogP contribution is 2.41. The summed E-state index contributed by atoms with van der Waals surface area (Å²) in [6, 6.07) is 6.75. The highest BCUT2D eigenvalue weighted by molar-refractivity contribution is 5.90. The van der Waals surface area contributed by atoms with Crippen LogP contribution in [0.1, 0.15) is 37.3 Å². The summed E-state index contributed by atoms with van der Waals surface area (Å²) in [4.78, 5) is 14.5. The molecule has 2 atom stereocenters. The molecule has 1 aromatic carbocycles. The molecule has 0 aliphatic carbocycles. The second kappa shape index (κ2) is 6.34. The number of hydrogen-bond acceptors (Lipinski definition) is 2. The average Bonchev–Trinajstić information content (AvgIpc) is 3.21. The monoisotopic (exact) mass is 364 g/mol. The third-order valence-electron chi connectivity index (χ3n) is 5.28. The predicted molar refractivity (Wildman–Crippen MR) is 89.6 cm³/mol. The molecule has 2 unspecified atom stereocenters. The Balaban J connectivity index is 1.46. The third-order valence-corrected chi connectivity index (χ3v) is 5.28. The maximum Gasteiger partial charge on any atom is 0.416 e. The molecular weight excluding hydrogens is 345 g/mol. The van der Waals surface area contributed by atoms with Crippen LogP contribution in [0.4, 0.5) is 23.7 Å². The van der Waals surface area contributed by atoms with Gasteiger partial charge in [0.25, 0.3) is 0 Å². The molecule has 8 heteroatoms. The molecule has 2 fully saturated rings. The Bertz CT molecular complexity index is 776. The van der Waals surface area contributed by atoms with Crippen LogP contribution in [0, 0.1) is 0 Å². The Kier molecular flexibility index (Phi) is 4.13. The summed E-state index contributed by atoms with van der Waals surface area (Å²) in [5, 5.41) is 6.94. The Hall–Kier alpha value is -2.51. The smallest absolute Gasteiger partial charge is 0.318 e. The molecule has 2 amide bonds. The number of alkyl halides is 3. The molecule has 3 heterocycles. The van der Waals surface area contributed by atoms with Gasteiger partial charge in [-0.25, -0.2) is 4.79 Å². The molecule has 2 aromatic rings. The molecule has 2 bridgehead atoms. The number of nitrogens with one attached hydrogen (secondary N) is 1. The van der Waals surface area contributed by atoms with Crippen LogP contribution in [-0.2, 0) is 6.18 Å². The van der Waals surface area contributed by atoms with E-state index in [1.165, 1.54) is 12.1 Å². The number of benzene rings is 1. The number of urea groups is 1. The van der Waals surface area contributed by atoms with Gasteiger partial charge in [-0.15, -0.1) is 0 Å². The number of anilines is 1. The van der Waals surface area contributed by atoms with Gasteiger partial charge in [0.1, 0.15) is 0 Å². The van der Waals surface area contributed by atoms with Gasteiger partial charge in [-0.3, -0.25) is 4.68 Å². The van der Waals surface area contributed by atoms with Crippen molar-refractivity contribution in [3.05, 3.63) is 48.3 Å². The van der Waals surface area contributed by atoms with Crippen LogP contribution < -0.4 is 5.32 Å². The Morgan fingerprint density at radius 3 is 2.46 bits per heavy atom. The van der Waals surface area contributed by atoms with E-state index in [-0.39, 0.29) is 29.8 Å². The molecule has 1 N–H and O–H groups in total. The number of halogens is 3. The first-order valence-electron chi connectivity index (χ1n) is 8.67. The van der Waals surface area contributed by atoms with Crippen LogP contribution >= 0.6 is 0 Å². The van der Waals surface area contributed by atoms with E-state index >= 15 is 0 Å². The predicted octanol–water partition coefficient (Wildman–Crippen LogP) is 4.30. The molecule has 5 nitrogen and oxygen atoms in total. The first kappa shape index (κ1) is 16.9.